The van der Waals surface area contributed by atoms with Crippen LogP contribution in [0.1, 0.15) is 34.1 Å². The van der Waals surface area contributed by atoms with Crippen molar-refractivity contribution in [3.8, 4) is 5.69 Å². The van der Waals surface area contributed by atoms with Gasteiger partial charge in [-0.25, -0.2) is 9.67 Å². The number of rotatable bonds is 5. The maximum Gasteiger partial charge on any atom is 0.319 e. The molecule has 6 nitrogen and oxygen atoms in total. The van der Waals surface area contributed by atoms with Crippen LogP contribution in [0.15, 0.2) is 42.7 Å². The van der Waals surface area contributed by atoms with Gasteiger partial charge in [0, 0.05) is 19.4 Å². The molecule has 0 N–H and O–H groups in total. The van der Waals surface area contributed by atoms with E-state index in [0.29, 0.717) is 17.0 Å². The van der Waals surface area contributed by atoms with E-state index in [-0.39, 0.29) is 18.3 Å². The lowest BCUT2D eigenvalue weighted by Gasteiger charge is -2.18. The van der Waals surface area contributed by atoms with Crippen LogP contribution in [0.3, 0.4) is 0 Å². The molecule has 2 heterocycles. The van der Waals surface area contributed by atoms with Crippen LogP contribution in [-0.2, 0) is 6.54 Å². The molecule has 0 radical (unpaired) electrons. The van der Waals surface area contributed by atoms with E-state index in [1.807, 2.05) is 37.3 Å². The molecule has 8 heteroatoms. The lowest BCUT2D eigenvalue weighted by molar-refractivity contribution is 0.0612. The number of alkyl halides is 2. The number of aryl methyl sites for hydroxylation is 1. The van der Waals surface area contributed by atoms with Gasteiger partial charge in [0.15, 0.2) is 0 Å². The van der Waals surface area contributed by atoms with Crippen molar-refractivity contribution in [2.75, 3.05) is 7.05 Å². The van der Waals surface area contributed by atoms with Gasteiger partial charge in [0.2, 0.25) is 0 Å². The standard InChI is InChI=1S/C18H19F2N5O/c1-12-16(13(2)25(22-12)14-7-5-4-6-8-14)17(26)23(3)11-15-21-9-10-24(15)18(19)20/h4-10,18H,11H2,1-3H3. The highest BCUT2D eigenvalue weighted by Gasteiger charge is 2.24. The molecule has 0 bridgehead atoms. The molecule has 0 aliphatic rings. The van der Waals surface area contributed by atoms with Crippen molar-refractivity contribution in [1.82, 2.24) is 24.2 Å². The van der Waals surface area contributed by atoms with E-state index in [4.69, 9.17) is 0 Å². The fourth-order valence-corrected chi connectivity index (χ4v) is 2.89. The molecule has 0 spiro atoms. The van der Waals surface area contributed by atoms with Crippen LogP contribution in [-0.4, -0.2) is 37.2 Å². The molecule has 3 aromatic rings. The fraction of sp³-hybridized carbons (Fsp3) is 0.278. The zero-order valence-electron chi connectivity index (χ0n) is 14.7. The number of halogens is 2. The van der Waals surface area contributed by atoms with Gasteiger partial charge < -0.3 is 4.90 Å². The van der Waals surface area contributed by atoms with Gasteiger partial charge in [-0.3, -0.25) is 9.36 Å². The Hall–Kier alpha value is -3.03. The summed E-state index contributed by atoms with van der Waals surface area (Å²) in [6, 6.07) is 9.49. The van der Waals surface area contributed by atoms with Gasteiger partial charge in [-0.1, -0.05) is 18.2 Å². The first-order valence-corrected chi connectivity index (χ1v) is 8.07. The van der Waals surface area contributed by atoms with Gasteiger partial charge in [-0.05, 0) is 26.0 Å². The maximum absolute atomic E-state index is 13.0. The van der Waals surface area contributed by atoms with Gasteiger partial charge >= 0.3 is 6.55 Å². The zero-order chi connectivity index (χ0) is 18.8. The zero-order valence-corrected chi connectivity index (χ0v) is 14.7. The SMILES string of the molecule is Cc1nn(-c2ccccc2)c(C)c1C(=O)N(C)Cc1nccn1C(F)F. The van der Waals surface area contributed by atoms with Crippen LogP contribution < -0.4 is 0 Å². The number of benzene rings is 1. The smallest absolute Gasteiger partial charge is 0.319 e. The van der Waals surface area contributed by atoms with Crippen LogP contribution in [0.25, 0.3) is 5.69 Å². The number of hydrogen-bond acceptors (Lipinski definition) is 3. The Morgan fingerprint density at radius 1 is 1.23 bits per heavy atom. The Morgan fingerprint density at radius 2 is 1.92 bits per heavy atom. The van der Waals surface area contributed by atoms with E-state index in [1.165, 1.54) is 17.3 Å². The second kappa shape index (κ2) is 7.07. The predicted molar refractivity (Wildman–Crippen MR) is 92.3 cm³/mol. The summed E-state index contributed by atoms with van der Waals surface area (Å²) in [4.78, 5) is 18.2. The first-order valence-electron chi connectivity index (χ1n) is 8.07. The summed E-state index contributed by atoms with van der Waals surface area (Å²) >= 11 is 0. The van der Waals surface area contributed by atoms with E-state index in [9.17, 15) is 13.6 Å². The topological polar surface area (TPSA) is 56.0 Å². The lowest BCUT2D eigenvalue weighted by Crippen LogP contribution is -2.28. The number of para-hydroxylation sites is 1. The van der Waals surface area contributed by atoms with Crippen molar-refractivity contribution in [1.29, 1.82) is 0 Å². The molecule has 0 fully saturated rings. The second-order valence-corrected chi connectivity index (χ2v) is 5.98. The van der Waals surface area contributed by atoms with Crippen LogP contribution >= 0.6 is 0 Å². The summed E-state index contributed by atoms with van der Waals surface area (Å²) in [5, 5.41) is 4.46. The van der Waals surface area contributed by atoms with Crippen LogP contribution in [0.5, 0.6) is 0 Å². The number of aromatic nitrogens is 4. The molecular weight excluding hydrogens is 340 g/mol. The highest BCUT2D eigenvalue weighted by molar-refractivity contribution is 5.96. The number of imidazole rings is 1. The molecule has 0 aliphatic carbocycles. The van der Waals surface area contributed by atoms with Crippen molar-refractivity contribution < 1.29 is 13.6 Å². The number of carbonyl (C=O) groups excluding carboxylic acids is 1. The summed E-state index contributed by atoms with van der Waals surface area (Å²) in [7, 11) is 1.56. The number of amides is 1. The van der Waals surface area contributed by atoms with E-state index < -0.39 is 6.55 Å². The molecule has 1 amide bonds. The quantitative estimate of drug-likeness (QED) is 0.702. The molecule has 3 rings (SSSR count). The van der Waals surface area contributed by atoms with Crippen molar-refractivity contribution >= 4 is 5.91 Å². The average Bonchev–Trinajstić information content (AvgIpc) is 3.19. The van der Waals surface area contributed by atoms with Crippen molar-refractivity contribution in [3.63, 3.8) is 0 Å². The molecule has 0 aliphatic heterocycles. The molecule has 0 saturated heterocycles. The first-order chi connectivity index (χ1) is 12.4. The minimum Gasteiger partial charge on any atom is -0.334 e. The Kier molecular flexibility index (Phi) is 4.83. The monoisotopic (exact) mass is 359 g/mol. The number of carbonyl (C=O) groups is 1. The Balaban J connectivity index is 1.88. The average molecular weight is 359 g/mol. The normalized spacial score (nSPS) is 11.2. The summed E-state index contributed by atoms with van der Waals surface area (Å²) in [6.07, 6.45) is 2.49. The maximum atomic E-state index is 13.0. The second-order valence-electron chi connectivity index (χ2n) is 5.98. The first kappa shape index (κ1) is 17.8. The van der Waals surface area contributed by atoms with Crippen LogP contribution in [0.4, 0.5) is 8.78 Å². The molecule has 0 saturated carbocycles. The van der Waals surface area contributed by atoms with Gasteiger partial charge in [0.1, 0.15) is 5.82 Å². The number of hydrogen-bond donors (Lipinski definition) is 0. The summed E-state index contributed by atoms with van der Waals surface area (Å²) in [6.45, 7) is 0.855. The largest absolute Gasteiger partial charge is 0.334 e. The van der Waals surface area contributed by atoms with Crippen molar-refractivity contribution in [2.45, 2.75) is 26.9 Å². The number of nitrogens with zero attached hydrogens (tertiary/aromatic N) is 5. The van der Waals surface area contributed by atoms with Crippen LogP contribution in [0, 0.1) is 13.8 Å². The Bertz CT molecular complexity index is 917. The van der Waals surface area contributed by atoms with E-state index in [2.05, 4.69) is 10.1 Å². The van der Waals surface area contributed by atoms with Gasteiger partial charge in [-0.15, -0.1) is 0 Å². The summed E-state index contributed by atoms with van der Waals surface area (Å²) in [5.74, 6) is -0.160. The lowest BCUT2D eigenvalue weighted by atomic mass is 10.1. The van der Waals surface area contributed by atoms with Crippen molar-refractivity contribution in [3.05, 3.63) is 65.5 Å². The molecule has 26 heavy (non-hydrogen) atoms. The predicted octanol–water partition coefficient (Wildman–Crippen LogP) is 3.35. The summed E-state index contributed by atoms with van der Waals surface area (Å²) in [5.41, 5.74) is 2.60. The molecule has 136 valence electrons. The minimum absolute atomic E-state index is 0.0223. The molecule has 1 aromatic carbocycles. The Morgan fingerprint density at radius 3 is 2.58 bits per heavy atom. The third-order valence-corrected chi connectivity index (χ3v) is 4.19. The van der Waals surface area contributed by atoms with Gasteiger partial charge in [0.05, 0.1) is 29.2 Å². The third-order valence-electron chi connectivity index (χ3n) is 4.19. The van der Waals surface area contributed by atoms with E-state index in [1.54, 1.807) is 18.7 Å². The van der Waals surface area contributed by atoms with E-state index in [0.717, 1.165) is 10.3 Å². The molecule has 0 atom stereocenters. The van der Waals surface area contributed by atoms with E-state index >= 15 is 0 Å². The summed E-state index contributed by atoms with van der Waals surface area (Å²) < 4.78 is 28.4. The van der Waals surface area contributed by atoms with Crippen molar-refractivity contribution in [2.24, 2.45) is 0 Å². The Labute approximate surface area is 149 Å². The molecule has 2 aromatic heterocycles. The highest BCUT2D eigenvalue weighted by Crippen LogP contribution is 2.20. The third kappa shape index (κ3) is 3.22. The minimum atomic E-state index is -2.69. The molecular formula is C18H19F2N5O. The van der Waals surface area contributed by atoms with Crippen LogP contribution in [0.2, 0.25) is 0 Å². The molecule has 0 unspecified atom stereocenters. The highest BCUT2D eigenvalue weighted by atomic mass is 19.3. The fourth-order valence-electron chi connectivity index (χ4n) is 2.89. The van der Waals surface area contributed by atoms with Gasteiger partial charge in [-0.2, -0.15) is 13.9 Å². The van der Waals surface area contributed by atoms with Gasteiger partial charge in [0.25, 0.3) is 5.91 Å².